The lowest BCUT2D eigenvalue weighted by molar-refractivity contribution is -0.126. The summed E-state index contributed by atoms with van der Waals surface area (Å²) in [5.74, 6) is -0.993. The number of fused-ring (bicyclic) bond motifs is 1. The van der Waals surface area contributed by atoms with E-state index >= 15 is 0 Å². The first kappa shape index (κ1) is 24.0. The van der Waals surface area contributed by atoms with E-state index in [1.54, 1.807) is 40.0 Å². The smallest absolute Gasteiger partial charge is 0.410 e. The molecule has 0 fully saturated rings. The van der Waals surface area contributed by atoms with E-state index in [0.717, 1.165) is 5.56 Å². The molecule has 2 N–H and O–H groups in total. The van der Waals surface area contributed by atoms with Crippen molar-refractivity contribution in [2.24, 2.45) is 10.4 Å². The first-order valence-corrected chi connectivity index (χ1v) is 10.4. The van der Waals surface area contributed by atoms with Crippen LogP contribution in [0.5, 0.6) is 0 Å². The van der Waals surface area contributed by atoms with Crippen LogP contribution in [0.25, 0.3) is 0 Å². The highest BCUT2D eigenvalue weighted by Crippen LogP contribution is 2.46. The molecule has 0 unspecified atom stereocenters. The van der Waals surface area contributed by atoms with Crippen molar-refractivity contribution in [1.29, 1.82) is 0 Å². The molecule has 1 aromatic rings. The van der Waals surface area contributed by atoms with E-state index in [0.29, 0.717) is 29.9 Å². The van der Waals surface area contributed by atoms with E-state index in [1.165, 1.54) is 17.5 Å². The lowest BCUT2D eigenvalue weighted by Gasteiger charge is -2.24. The van der Waals surface area contributed by atoms with Crippen LogP contribution in [-0.2, 0) is 27.1 Å². The van der Waals surface area contributed by atoms with Gasteiger partial charge in [-0.1, -0.05) is 12.7 Å². The fraction of sp³-hybridized carbons (Fsp3) is 0.435. The Kier molecular flexibility index (Phi) is 6.57. The minimum Gasteiger partial charge on any atom is -0.481 e. The van der Waals surface area contributed by atoms with Gasteiger partial charge in [0.1, 0.15) is 18.0 Å². The summed E-state index contributed by atoms with van der Waals surface area (Å²) in [6, 6.07) is 1.55. The number of hydrogen-bond acceptors (Lipinski definition) is 7. The molecule has 2 aliphatic rings. The predicted octanol–water partition coefficient (Wildman–Crippen LogP) is 2.30. The standard InChI is InChI=1S/C23H28N4O6/c1-6-16-18(25-13-32-8-7-27(5)21(31)33-22(2,3)4)26-20(30)23(16)10-14-9-15(19(28)29)12-24-17(14)11-23/h6,9,12-13H,1,7-8,10-11H2,2-5H3,(H,26,30)(H,28,29)/t23-/m0/s1. The molecule has 1 spiro atoms. The zero-order valence-corrected chi connectivity index (χ0v) is 19.2. The van der Waals surface area contributed by atoms with E-state index in [1.807, 2.05) is 0 Å². The number of rotatable bonds is 7. The Bertz CT molecular complexity index is 1060. The average molecular weight is 456 g/mol. The number of ether oxygens (including phenoxy) is 2. The minimum absolute atomic E-state index is 0.0799. The molecule has 1 atom stereocenters. The van der Waals surface area contributed by atoms with Crippen molar-refractivity contribution in [3.63, 3.8) is 0 Å². The Morgan fingerprint density at radius 3 is 2.76 bits per heavy atom. The predicted molar refractivity (Wildman–Crippen MR) is 120 cm³/mol. The van der Waals surface area contributed by atoms with E-state index < -0.39 is 23.1 Å². The molecular weight excluding hydrogens is 428 g/mol. The summed E-state index contributed by atoms with van der Waals surface area (Å²) in [4.78, 5) is 46.0. The Labute approximate surface area is 192 Å². The van der Waals surface area contributed by atoms with E-state index in [-0.39, 0.29) is 24.6 Å². The molecule has 3 rings (SSSR count). The SMILES string of the molecule is C=CC1=C(N=COCCN(C)C(=O)OC(C)(C)C)NC(=O)[C@]12Cc1cc(C(=O)O)cnc1C2. The van der Waals surface area contributed by atoms with Crippen molar-refractivity contribution in [3.05, 3.63) is 53.1 Å². The van der Waals surface area contributed by atoms with Gasteiger partial charge in [-0.3, -0.25) is 9.78 Å². The van der Waals surface area contributed by atoms with Crippen LogP contribution in [0.4, 0.5) is 4.79 Å². The summed E-state index contributed by atoms with van der Waals surface area (Å²) in [7, 11) is 1.61. The van der Waals surface area contributed by atoms with Crippen molar-refractivity contribution >= 4 is 24.4 Å². The number of carbonyl (C=O) groups is 3. The van der Waals surface area contributed by atoms with Crippen molar-refractivity contribution < 1.29 is 29.0 Å². The fourth-order valence-electron chi connectivity index (χ4n) is 3.79. The second-order valence-corrected chi connectivity index (χ2v) is 9.00. The fourth-order valence-corrected chi connectivity index (χ4v) is 3.79. The number of carboxylic acids is 1. The third-order valence-electron chi connectivity index (χ3n) is 5.42. The lowest BCUT2D eigenvalue weighted by atomic mass is 9.78. The first-order valence-electron chi connectivity index (χ1n) is 10.4. The summed E-state index contributed by atoms with van der Waals surface area (Å²) >= 11 is 0. The van der Waals surface area contributed by atoms with Gasteiger partial charge in [-0.15, -0.1) is 0 Å². The van der Waals surface area contributed by atoms with Crippen molar-refractivity contribution in [2.45, 2.75) is 39.2 Å². The zero-order chi connectivity index (χ0) is 24.4. The highest BCUT2D eigenvalue weighted by Gasteiger charge is 2.52. The largest absolute Gasteiger partial charge is 0.481 e. The van der Waals surface area contributed by atoms with Crippen molar-refractivity contribution in [2.75, 3.05) is 20.2 Å². The molecule has 176 valence electrons. The quantitative estimate of drug-likeness (QED) is 0.366. The molecule has 1 aromatic heterocycles. The number of hydrogen-bond donors (Lipinski definition) is 2. The van der Waals surface area contributed by atoms with Crippen LogP contribution in [-0.4, -0.2) is 65.2 Å². The molecular formula is C23H28N4O6. The third kappa shape index (κ3) is 5.05. The molecule has 10 nitrogen and oxygen atoms in total. The summed E-state index contributed by atoms with van der Waals surface area (Å²) in [5, 5.41) is 12.0. The molecule has 0 saturated carbocycles. The van der Waals surface area contributed by atoms with Gasteiger partial charge >= 0.3 is 12.1 Å². The molecule has 2 amide bonds. The number of pyridine rings is 1. The van der Waals surface area contributed by atoms with Crippen LogP contribution in [0, 0.1) is 5.41 Å². The molecule has 1 aliphatic carbocycles. The van der Waals surface area contributed by atoms with Gasteiger partial charge < -0.3 is 24.8 Å². The van der Waals surface area contributed by atoms with Gasteiger partial charge in [0.15, 0.2) is 6.40 Å². The monoisotopic (exact) mass is 456 g/mol. The number of carbonyl (C=O) groups excluding carboxylic acids is 2. The van der Waals surface area contributed by atoms with Crippen LogP contribution < -0.4 is 5.32 Å². The van der Waals surface area contributed by atoms with E-state index in [4.69, 9.17) is 9.47 Å². The van der Waals surface area contributed by atoms with Gasteiger partial charge in [0.05, 0.1) is 17.5 Å². The molecule has 33 heavy (non-hydrogen) atoms. The molecule has 10 heteroatoms. The maximum atomic E-state index is 12.9. The Hall–Kier alpha value is -3.69. The molecule has 1 aliphatic heterocycles. The van der Waals surface area contributed by atoms with Gasteiger partial charge in [0.2, 0.25) is 5.91 Å². The molecule has 2 heterocycles. The molecule has 0 saturated heterocycles. The topological polar surface area (TPSA) is 130 Å². The maximum absolute atomic E-state index is 12.9. The Morgan fingerprint density at radius 1 is 1.39 bits per heavy atom. The maximum Gasteiger partial charge on any atom is 0.410 e. The van der Waals surface area contributed by atoms with Gasteiger partial charge in [-0.05, 0) is 38.8 Å². The minimum atomic E-state index is -1.07. The third-order valence-corrected chi connectivity index (χ3v) is 5.42. The van der Waals surface area contributed by atoms with Crippen molar-refractivity contribution in [1.82, 2.24) is 15.2 Å². The number of amides is 2. The average Bonchev–Trinajstić information content (AvgIpc) is 3.22. The van der Waals surface area contributed by atoms with Crippen LogP contribution in [0.1, 0.15) is 42.4 Å². The number of nitrogens with one attached hydrogen (secondary N) is 1. The normalized spacial score (nSPS) is 19.6. The summed E-state index contributed by atoms with van der Waals surface area (Å²) in [5.41, 5.74) is 0.571. The van der Waals surface area contributed by atoms with Gasteiger partial charge in [0, 0.05) is 30.9 Å². The lowest BCUT2D eigenvalue weighted by Crippen LogP contribution is -2.36. The first-order chi connectivity index (χ1) is 15.5. The zero-order valence-electron chi connectivity index (χ0n) is 19.2. The van der Waals surface area contributed by atoms with Gasteiger partial charge in [-0.2, -0.15) is 0 Å². The highest BCUT2D eigenvalue weighted by molar-refractivity contribution is 5.94. The second-order valence-electron chi connectivity index (χ2n) is 9.00. The van der Waals surface area contributed by atoms with Gasteiger partial charge in [0.25, 0.3) is 0 Å². The van der Waals surface area contributed by atoms with Crippen LogP contribution in [0.3, 0.4) is 0 Å². The second kappa shape index (κ2) is 9.05. The number of aliphatic imine (C=N–C) groups is 1. The number of aromatic carboxylic acids is 1. The number of aromatic nitrogens is 1. The Balaban J connectivity index is 1.65. The number of nitrogens with zero attached hydrogens (tertiary/aromatic N) is 3. The molecule has 0 aromatic carbocycles. The van der Waals surface area contributed by atoms with Crippen LogP contribution in [0.15, 0.2) is 41.3 Å². The number of allylic oxidation sites excluding steroid dienone is 1. The summed E-state index contributed by atoms with van der Waals surface area (Å²) < 4.78 is 10.7. The number of likely N-dealkylation sites (N-methyl/N-ethyl adjacent to an activating group) is 1. The summed E-state index contributed by atoms with van der Waals surface area (Å²) in [6.07, 6.45) is 4.27. The number of carboxylic acid groups (broad SMARTS) is 1. The molecule has 0 radical (unpaired) electrons. The molecule has 0 bridgehead atoms. The van der Waals surface area contributed by atoms with Crippen LogP contribution >= 0.6 is 0 Å². The van der Waals surface area contributed by atoms with Crippen molar-refractivity contribution in [3.8, 4) is 0 Å². The van der Waals surface area contributed by atoms with Crippen LogP contribution in [0.2, 0.25) is 0 Å². The van der Waals surface area contributed by atoms with E-state index in [2.05, 4.69) is 21.9 Å². The Morgan fingerprint density at radius 2 is 2.12 bits per heavy atom. The van der Waals surface area contributed by atoms with Gasteiger partial charge in [-0.25, -0.2) is 14.6 Å². The summed E-state index contributed by atoms with van der Waals surface area (Å²) in [6.45, 7) is 9.68. The highest BCUT2D eigenvalue weighted by atomic mass is 16.6. The van der Waals surface area contributed by atoms with E-state index in [9.17, 15) is 19.5 Å².